The molecule has 2 aromatic rings. The molecule has 0 bridgehead atoms. The van der Waals surface area contributed by atoms with Crippen LogP contribution < -0.4 is 4.90 Å². The van der Waals surface area contributed by atoms with Crippen molar-refractivity contribution in [1.29, 1.82) is 0 Å². The second kappa shape index (κ2) is 6.07. The van der Waals surface area contributed by atoms with Crippen LogP contribution in [0.2, 0.25) is 5.02 Å². The summed E-state index contributed by atoms with van der Waals surface area (Å²) in [5.74, 6) is -0.126. The molecule has 130 valence electrons. The van der Waals surface area contributed by atoms with Gasteiger partial charge in [-0.3, -0.25) is 9.59 Å². The lowest BCUT2D eigenvalue weighted by molar-refractivity contribution is -0.118. The third-order valence-electron chi connectivity index (χ3n) is 4.94. The van der Waals surface area contributed by atoms with Crippen LogP contribution in [0, 0.1) is 5.13 Å². The highest BCUT2D eigenvalue weighted by Gasteiger charge is 2.48. The van der Waals surface area contributed by atoms with E-state index in [0.29, 0.717) is 29.7 Å². The van der Waals surface area contributed by atoms with Crippen molar-refractivity contribution in [1.82, 2.24) is 9.88 Å². The summed E-state index contributed by atoms with van der Waals surface area (Å²) in [5.41, 5.74) is 1.53. The first-order valence-corrected chi connectivity index (χ1v) is 9.10. The minimum atomic E-state index is -0.398. The third kappa shape index (κ3) is 2.81. The van der Waals surface area contributed by atoms with Gasteiger partial charge in [0.05, 0.1) is 12.6 Å². The lowest BCUT2D eigenvalue weighted by atomic mass is 9.81. The van der Waals surface area contributed by atoms with Gasteiger partial charge in [0.15, 0.2) is 5.13 Å². The normalized spacial score (nSPS) is 21.8. The van der Waals surface area contributed by atoms with E-state index >= 15 is 0 Å². The highest BCUT2D eigenvalue weighted by Crippen LogP contribution is 2.47. The zero-order valence-corrected chi connectivity index (χ0v) is 14.8. The van der Waals surface area contributed by atoms with E-state index in [-0.39, 0.29) is 17.7 Å². The van der Waals surface area contributed by atoms with Crippen LogP contribution in [0.1, 0.15) is 17.0 Å². The Morgan fingerprint density at radius 2 is 2.28 bits per heavy atom. The number of hydrogen-bond donors (Lipinski definition) is 0. The van der Waals surface area contributed by atoms with E-state index in [2.05, 4.69) is 4.98 Å². The van der Waals surface area contributed by atoms with Gasteiger partial charge in [-0.05, 0) is 30.2 Å². The number of hydrogen-bond acceptors (Lipinski definition) is 4. The van der Waals surface area contributed by atoms with Crippen LogP contribution >= 0.6 is 22.9 Å². The van der Waals surface area contributed by atoms with Gasteiger partial charge in [0.2, 0.25) is 12.3 Å². The largest absolute Gasteiger partial charge is 0.344 e. The number of rotatable bonds is 3. The minimum absolute atomic E-state index is 0.0597. The van der Waals surface area contributed by atoms with E-state index in [9.17, 15) is 14.0 Å². The molecular formula is C17H15ClFN3O2S. The molecule has 1 atom stereocenters. The van der Waals surface area contributed by atoms with Crippen LogP contribution in [0.4, 0.5) is 10.1 Å². The number of benzene rings is 1. The SMILES string of the molecule is O=CN1CCC2(C1)CN(C(=O)Cc1ncc(F)s1)c1ccc(Cl)cc12. The number of thiazole rings is 1. The Bertz CT molecular complexity index is 858. The highest BCUT2D eigenvalue weighted by molar-refractivity contribution is 7.10. The summed E-state index contributed by atoms with van der Waals surface area (Å²) in [6.45, 7) is 1.73. The number of likely N-dealkylation sites (tertiary alicyclic amines) is 1. The van der Waals surface area contributed by atoms with Gasteiger partial charge in [-0.1, -0.05) is 22.9 Å². The Kier molecular flexibility index (Phi) is 4.00. The average Bonchev–Trinajstić information content (AvgIpc) is 3.27. The number of anilines is 1. The molecule has 2 aliphatic heterocycles. The van der Waals surface area contributed by atoms with Crippen molar-refractivity contribution >= 4 is 40.9 Å². The van der Waals surface area contributed by atoms with Crippen molar-refractivity contribution in [2.24, 2.45) is 0 Å². The van der Waals surface area contributed by atoms with Crippen LogP contribution in [-0.4, -0.2) is 41.8 Å². The number of halogens is 2. The van der Waals surface area contributed by atoms with Gasteiger partial charge in [-0.2, -0.15) is 4.39 Å². The molecule has 3 heterocycles. The van der Waals surface area contributed by atoms with E-state index in [1.807, 2.05) is 12.1 Å². The summed E-state index contributed by atoms with van der Waals surface area (Å²) >= 11 is 7.06. The summed E-state index contributed by atoms with van der Waals surface area (Å²) in [7, 11) is 0. The predicted octanol–water partition coefficient (Wildman–Crippen LogP) is 2.62. The molecule has 25 heavy (non-hydrogen) atoms. The maximum atomic E-state index is 13.1. The van der Waals surface area contributed by atoms with Crippen molar-refractivity contribution in [2.45, 2.75) is 18.3 Å². The Morgan fingerprint density at radius 1 is 1.44 bits per heavy atom. The van der Waals surface area contributed by atoms with Gasteiger partial charge >= 0.3 is 0 Å². The Balaban J connectivity index is 1.66. The van der Waals surface area contributed by atoms with Gasteiger partial charge in [0, 0.05) is 35.8 Å². The lowest BCUT2D eigenvalue weighted by Gasteiger charge is -2.24. The van der Waals surface area contributed by atoms with Crippen molar-refractivity contribution < 1.29 is 14.0 Å². The van der Waals surface area contributed by atoms with Crippen LogP contribution in [-0.2, 0) is 21.4 Å². The molecule has 2 aliphatic rings. The van der Waals surface area contributed by atoms with Crippen LogP contribution in [0.5, 0.6) is 0 Å². The second-order valence-electron chi connectivity index (χ2n) is 6.48. The highest BCUT2D eigenvalue weighted by atomic mass is 35.5. The molecule has 0 N–H and O–H groups in total. The van der Waals surface area contributed by atoms with Gasteiger partial charge in [-0.25, -0.2) is 4.98 Å². The maximum absolute atomic E-state index is 13.1. The number of fused-ring (bicyclic) bond motifs is 2. The number of carbonyl (C=O) groups is 2. The molecule has 1 aromatic heterocycles. The molecule has 8 heteroatoms. The fourth-order valence-electron chi connectivity index (χ4n) is 3.80. The molecule has 1 unspecified atom stereocenters. The summed E-state index contributed by atoms with van der Waals surface area (Å²) in [5, 5.41) is 0.671. The summed E-state index contributed by atoms with van der Waals surface area (Å²) in [4.78, 5) is 31.4. The van der Waals surface area contributed by atoms with Crippen LogP contribution in [0.15, 0.2) is 24.4 Å². The van der Waals surface area contributed by atoms with Gasteiger partial charge in [0.1, 0.15) is 5.01 Å². The Morgan fingerprint density at radius 3 is 2.96 bits per heavy atom. The zero-order chi connectivity index (χ0) is 17.6. The quantitative estimate of drug-likeness (QED) is 0.770. The number of nitrogens with zero attached hydrogens (tertiary/aromatic N) is 3. The molecule has 1 saturated heterocycles. The molecule has 2 amide bonds. The fraction of sp³-hybridized carbons (Fsp3) is 0.353. The Hall–Kier alpha value is -1.99. The smallest absolute Gasteiger partial charge is 0.233 e. The molecule has 0 radical (unpaired) electrons. The standard InChI is InChI=1S/C17H15ClFN3O2S/c18-11-1-2-13-12(5-11)17(3-4-21(8-17)10-23)9-22(13)16(24)6-15-20-7-14(19)25-15/h1-2,5,7,10H,3-4,6,8-9H2. The molecule has 1 spiro atoms. The average molecular weight is 380 g/mol. The van der Waals surface area contributed by atoms with Crippen LogP contribution in [0.25, 0.3) is 0 Å². The minimum Gasteiger partial charge on any atom is -0.344 e. The molecular weight excluding hydrogens is 365 g/mol. The molecule has 5 nitrogen and oxygen atoms in total. The zero-order valence-electron chi connectivity index (χ0n) is 13.2. The van der Waals surface area contributed by atoms with E-state index in [1.54, 1.807) is 15.9 Å². The van der Waals surface area contributed by atoms with E-state index in [0.717, 1.165) is 41.6 Å². The third-order valence-corrected chi connectivity index (χ3v) is 5.96. The molecule has 1 aromatic carbocycles. The summed E-state index contributed by atoms with van der Waals surface area (Å²) in [6, 6.07) is 5.49. The summed E-state index contributed by atoms with van der Waals surface area (Å²) < 4.78 is 13.1. The Labute approximate surface area is 153 Å². The molecule has 0 aliphatic carbocycles. The van der Waals surface area contributed by atoms with Crippen molar-refractivity contribution in [3.8, 4) is 0 Å². The topological polar surface area (TPSA) is 53.5 Å². The first-order chi connectivity index (χ1) is 12.0. The number of amides is 2. The molecule has 4 rings (SSSR count). The first-order valence-electron chi connectivity index (χ1n) is 7.91. The number of aromatic nitrogens is 1. The lowest BCUT2D eigenvalue weighted by Crippen LogP contribution is -2.39. The van der Waals surface area contributed by atoms with E-state index in [1.165, 1.54) is 0 Å². The first kappa shape index (κ1) is 16.5. The van der Waals surface area contributed by atoms with E-state index < -0.39 is 5.13 Å². The fourth-order valence-corrected chi connectivity index (χ4v) is 4.61. The number of carbonyl (C=O) groups excluding carboxylic acids is 2. The van der Waals surface area contributed by atoms with Crippen molar-refractivity contribution in [3.63, 3.8) is 0 Å². The van der Waals surface area contributed by atoms with Crippen molar-refractivity contribution in [2.75, 3.05) is 24.5 Å². The molecule has 0 saturated carbocycles. The second-order valence-corrected chi connectivity index (χ2v) is 7.98. The van der Waals surface area contributed by atoms with Gasteiger partial charge in [-0.15, -0.1) is 0 Å². The van der Waals surface area contributed by atoms with Gasteiger partial charge in [0.25, 0.3) is 0 Å². The van der Waals surface area contributed by atoms with Crippen LogP contribution in [0.3, 0.4) is 0 Å². The monoisotopic (exact) mass is 379 g/mol. The molecule has 1 fully saturated rings. The van der Waals surface area contributed by atoms with Crippen molar-refractivity contribution in [3.05, 3.63) is 45.1 Å². The van der Waals surface area contributed by atoms with E-state index in [4.69, 9.17) is 11.6 Å². The maximum Gasteiger partial charge on any atom is 0.233 e. The predicted molar refractivity (Wildman–Crippen MR) is 93.5 cm³/mol. The summed E-state index contributed by atoms with van der Waals surface area (Å²) in [6.07, 6.45) is 2.83. The van der Waals surface area contributed by atoms with Gasteiger partial charge < -0.3 is 9.80 Å².